The Kier molecular flexibility index (Phi) is 8.46. The topological polar surface area (TPSA) is 41.7 Å². The highest BCUT2D eigenvalue weighted by Gasteiger charge is 2.09. The van der Waals surface area contributed by atoms with Crippen LogP contribution in [0.2, 0.25) is 0 Å². The summed E-state index contributed by atoms with van der Waals surface area (Å²) in [5.41, 5.74) is 0.194. The summed E-state index contributed by atoms with van der Waals surface area (Å²) in [6, 6.07) is 2.60. The zero-order valence-electron chi connectivity index (χ0n) is 9.62. The van der Waals surface area contributed by atoms with Crippen LogP contribution in [0.25, 0.3) is 4.85 Å². The predicted molar refractivity (Wildman–Crippen MR) is 62.3 cm³/mol. The van der Waals surface area contributed by atoms with Gasteiger partial charge in [0.2, 0.25) is 0 Å². The summed E-state index contributed by atoms with van der Waals surface area (Å²) >= 11 is 0. The van der Waals surface area contributed by atoms with Gasteiger partial charge in [0.05, 0.1) is 0 Å². The van der Waals surface area contributed by atoms with Crippen molar-refractivity contribution < 1.29 is 9.90 Å². The first-order chi connectivity index (χ1) is 7.22. The molecule has 15 heavy (non-hydrogen) atoms. The van der Waals surface area contributed by atoms with Gasteiger partial charge in [-0.25, -0.2) is 4.79 Å². The lowest BCUT2D eigenvalue weighted by molar-refractivity contribution is -0.132. The molecule has 0 spiro atoms. The van der Waals surface area contributed by atoms with Gasteiger partial charge < -0.3 is 5.11 Å². The van der Waals surface area contributed by atoms with E-state index in [2.05, 4.69) is 24.8 Å². The molecule has 1 N–H and O–H groups in total. The van der Waals surface area contributed by atoms with E-state index in [1.165, 1.54) is 0 Å². The average molecular weight is 210 g/mol. The Morgan fingerprint density at radius 2 is 2.00 bits per heavy atom. The van der Waals surface area contributed by atoms with Gasteiger partial charge in [0.25, 0.3) is 6.54 Å². The van der Waals surface area contributed by atoms with Crippen LogP contribution in [0.3, 0.4) is 0 Å². The van der Waals surface area contributed by atoms with E-state index in [1.54, 1.807) is 6.08 Å². The van der Waals surface area contributed by atoms with E-state index in [-0.39, 0.29) is 5.57 Å². The van der Waals surface area contributed by atoms with Crippen molar-refractivity contribution in [3.8, 4) is 6.07 Å². The standard InChI is InChI=1S/C12H19NO2/c1-3-5-7-8-11(12(14)15)10-13-9-6-4-2/h8H,3-7,9H2,1-2H3/p+1. The molecule has 0 fully saturated rings. The van der Waals surface area contributed by atoms with E-state index in [0.717, 1.165) is 32.1 Å². The average Bonchev–Trinajstić information content (AvgIpc) is 2.21. The number of nitrogens with zero attached hydrogens (tertiary/aromatic N) is 1. The molecule has 0 rings (SSSR count). The van der Waals surface area contributed by atoms with Crippen molar-refractivity contribution in [2.45, 2.75) is 46.0 Å². The van der Waals surface area contributed by atoms with E-state index in [4.69, 9.17) is 5.11 Å². The molecule has 0 atom stereocenters. The van der Waals surface area contributed by atoms with Crippen LogP contribution in [0, 0.1) is 6.07 Å². The molecule has 0 aromatic rings. The third kappa shape index (κ3) is 7.75. The second-order valence-electron chi connectivity index (χ2n) is 3.41. The third-order valence-electron chi connectivity index (χ3n) is 1.96. The van der Waals surface area contributed by atoms with Crippen molar-refractivity contribution in [1.82, 2.24) is 0 Å². The second-order valence-corrected chi connectivity index (χ2v) is 3.41. The van der Waals surface area contributed by atoms with Gasteiger partial charge in [-0.05, 0) is 12.8 Å². The number of hydrogen-bond donors (Lipinski definition) is 1. The number of carboxylic acid groups (broad SMARTS) is 1. The van der Waals surface area contributed by atoms with E-state index in [0.29, 0.717) is 6.54 Å². The zero-order valence-corrected chi connectivity index (χ0v) is 9.62. The Bertz CT molecular complexity index is 271. The van der Waals surface area contributed by atoms with Gasteiger partial charge in [-0.2, -0.15) is 0 Å². The first kappa shape index (κ1) is 13.7. The summed E-state index contributed by atoms with van der Waals surface area (Å²) in [6.45, 7) is 4.81. The normalized spacial score (nSPS) is 10.7. The number of allylic oxidation sites excluding steroid dienone is 1. The maximum atomic E-state index is 10.8. The number of rotatable bonds is 6. The minimum Gasteiger partial charge on any atom is -0.477 e. The highest BCUT2D eigenvalue weighted by molar-refractivity contribution is 5.91. The second kappa shape index (κ2) is 9.26. The molecule has 0 amide bonds. The Labute approximate surface area is 91.6 Å². The van der Waals surface area contributed by atoms with Crippen LogP contribution in [0.15, 0.2) is 11.6 Å². The van der Waals surface area contributed by atoms with Gasteiger partial charge >= 0.3 is 12.0 Å². The molecule has 0 unspecified atom stereocenters. The van der Waals surface area contributed by atoms with Crippen LogP contribution >= 0.6 is 0 Å². The fourth-order valence-electron chi connectivity index (χ4n) is 1.01. The molecule has 0 aliphatic heterocycles. The molecule has 0 saturated heterocycles. The van der Waals surface area contributed by atoms with Crippen LogP contribution in [0.5, 0.6) is 0 Å². The fourth-order valence-corrected chi connectivity index (χ4v) is 1.01. The van der Waals surface area contributed by atoms with Crippen molar-refractivity contribution in [2.75, 3.05) is 6.54 Å². The SMILES string of the molecule is CCCCC=C(C#[N+]CCCC)C(=O)O. The maximum absolute atomic E-state index is 10.8. The molecule has 3 nitrogen and oxygen atoms in total. The molecule has 3 heteroatoms. The zero-order chi connectivity index (χ0) is 11.5. The minimum absolute atomic E-state index is 0.194. The molecule has 0 heterocycles. The smallest absolute Gasteiger partial charge is 0.350 e. The summed E-state index contributed by atoms with van der Waals surface area (Å²) in [7, 11) is 0. The van der Waals surface area contributed by atoms with Gasteiger partial charge in [0, 0.05) is 6.42 Å². The number of unbranched alkanes of at least 4 members (excludes halogenated alkanes) is 3. The van der Waals surface area contributed by atoms with Gasteiger partial charge in [-0.1, -0.05) is 37.6 Å². The van der Waals surface area contributed by atoms with Crippen LogP contribution < -0.4 is 0 Å². The number of hydrogen-bond acceptors (Lipinski definition) is 1. The van der Waals surface area contributed by atoms with Gasteiger partial charge in [0.1, 0.15) is 0 Å². The van der Waals surface area contributed by atoms with E-state index >= 15 is 0 Å². The summed E-state index contributed by atoms with van der Waals surface area (Å²) in [5.74, 6) is -0.939. The third-order valence-corrected chi connectivity index (χ3v) is 1.96. The number of carboxylic acids is 1. The predicted octanol–water partition coefficient (Wildman–Crippen LogP) is 3.32. The molecule has 84 valence electrons. The lowest BCUT2D eigenvalue weighted by Gasteiger charge is -1.88. The van der Waals surface area contributed by atoms with Crippen LogP contribution in [-0.2, 0) is 4.79 Å². The monoisotopic (exact) mass is 210 g/mol. The summed E-state index contributed by atoms with van der Waals surface area (Å²) in [4.78, 5) is 14.7. The fraction of sp³-hybridized carbons (Fsp3) is 0.667. The van der Waals surface area contributed by atoms with Crippen molar-refractivity contribution in [3.63, 3.8) is 0 Å². The Morgan fingerprint density at radius 1 is 1.33 bits per heavy atom. The quantitative estimate of drug-likeness (QED) is 0.415. The number of carbonyl (C=O) groups is 1. The molecule has 0 aromatic heterocycles. The molecule has 0 aliphatic carbocycles. The van der Waals surface area contributed by atoms with E-state index < -0.39 is 5.97 Å². The van der Waals surface area contributed by atoms with Crippen LogP contribution in [0.1, 0.15) is 46.0 Å². The number of aliphatic carboxylic acids is 1. The highest BCUT2D eigenvalue weighted by atomic mass is 16.4. The maximum Gasteiger partial charge on any atom is 0.350 e. The van der Waals surface area contributed by atoms with Crippen molar-refractivity contribution in [2.24, 2.45) is 0 Å². The molecular formula is C12H20NO2+. The van der Waals surface area contributed by atoms with Crippen LogP contribution in [-0.4, -0.2) is 17.6 Å². The van der Waals surface area contributed by atoms with Crippen LogP contribution in [0.4, 0.5) is 0 Å². The lowest BCUT2D eigenvalue weighted by Crippen LogP contribution is -1.97. The first-order valence-electron chi connectivity index (χ1n) is 5.58. The van der Waals surface area contributed by atoms with Crippen molar-refractivity contribution in [1.29, 1.82) is 0 Å². The van der Waals surface area contributed by atoms with E-state index in [9.17, 15) is 4.79 Å². The van der Waals surface area contributed by atoms with Crippen molar-refractivity contribution >= 4 is 5.97 Å². The van der Waals surface area contributed by atoms with Crippen molar-refractivity contribution in [3.05, 3.63) is 16.5 Å². The Hall–Kier alpha value is -1.30. The van der Waals surface area contributed by atoms with E-state index in [1.807, 2.05) is 0 Å². The Balaban J connectivity index is 4.18. The molecule has 0 aliphatic rings. The molecule has 0 saturated carbocycles. The Morgan fingerprint density at radius 3 is 2.53 bits per heavy atom. The summed E-state index contributed by atoms with van der Waals surface area (Å²) in [6.07, 6.45) is 6.60. The van der Waals surface area contributed by atoms with Gasteiger partial charge in [-0.15, -0.1) is 0 Å². The summed E-state index contributed by atoms with van der Waals surface area (Å²) < 4.78 is 0. The molecular weight excluding hydrogens is 190 g/mol. The first-order valence-corrected chi connectivity index (χ1v) is 5.58. The molecule has 0 aromatic carbocycles. The summed E-state index contributed by atoms with van der Waals surface area (Å²) in [5, 5.41) is 8.84. The minimum atomic E-state index is -0.939. The largest absolute Gasteiger partial charge is 0.477 e. The van der Waals surface area contributed by atoms with Gasteiger partial charge in [0.15, 0.2) is 5.57 Å². The molecule has 0 bridgehead atoms. The molecule has 0 radical (unpaired) electrons. The van der Waals surface area contributed by atoms with Gasteiger partial charge in [-0.3, -0.25) is 0 Å². The highest BCUT2D eigenvalue weighted by Crippen LogP contribution is 2.01. The lowest BCUT2D eigenvalue weighted by atomic mass is 10.2.